The molecule has 154 valence electrons. The van der Waals surface area contributed by atoms with Gasteiger partial charge in [0, 0.05) is 11.8 Å². The van der Waals surface area contributed by atoms with Gasteiger partial charge >= 0.3 is 0 Å². The van der Waals surface area contributed by atoms with Crippen molar-refractivity contribution in [2.45, 2.75) is 11.8 Å². The van der Waals surface area contributed by atoms with Crippen molar-refractivity contribution in [3.05, 3.63) is 90.0 Å². The number of ether oxygens (including phenoxy) is 1. The topological polar surface area (TPSA) is 84.5 Å². The van der Waals surface area contributed by atoms with Crippen LogP contribution < -0.4 is 14.8 Å². The molecule has 0 saturated heterocycles. The van der Waals surface area contributed by atoms with Gasteiger partial charge in [-0.3, -0.25) is 9.52 Å². The Kier molecular flexibility index (Phi) is 6.54. The Bertz CT molecular complexity index is 1170. The van der Waals surface area contributed by atoms with E-state index in [1.807, 2.05) is 24.3 Å². The molecule has 0 aliphatic rings. The summed E-state index contributed by atoms with van der Waals surface area (Å²) in [7, 11) is -2.14. The molecule has 7 heteroatoms. The van der Waals surface area contributed by atoms with Gasteiger partial charge in [0.2, 0.25) is 5.91 Å². The van der Waals surface area contributed by atoms with Gasteiger partial charge in [-0.05, 0) is 60.5 Å². The third kappa shape index (κ3) is 5.48. The molecule has 0 aliphatic heterocycles. The van der Waals surface area contributed by atoms with Crippen molar-refractivity contribution in [2.24, 2.45) is 0 Å². The van der Waals surface area contributed by atoms with Crippen molar-refractivity contribution in [3.8, 4) is 5.75 Å². The normalized spacial score (nSPS) is 11.3. The van der Waals surface area contributed by atoms with Crippen LogP contribution in [0.2, 0.25) is 0 Å². The zero-order valence-electron chi connectivity index (χ0n) is 16.6. The van der Waals surface area contributed by atoms with Crippen molar-refractivity contribution >= 4 is 33.4 Å². The fraction of sp³-hybridized carbons (Fsp3) is 0.0870. The summed E-state index contributed by atoms with van der Waals surface area (Å²) in [6, 6.07) is 20.5. The number of aryl methyl sites for hydroxylation is 1. The monoisotopic (exact) mass is 422 g/mol. The van der Waals surface area contributed by atoms with Gasteiger partial charge in [0.15, 0.2) is 0 Å². The van der Waals surface area contributed by atoms with Gasteiger partial charge in [-0.1, -0.05) is 36.4 Å². The number of hydrogen-bond donors (Lipinski definition) is 2. The zero-order chi connectivity index (χ0) is 21.6. The molecule has 0 aliphatic carbocycles. The van der Waals surface area contributed by atoms with E-state index < -0.39 is 10.0 Å². The van der Waals surface area contributed by atoms with Crippen LogP contribution >= 0.6 is 0 Å². The highest BCUT2D eigenvalue weighted by molar-refractivity contribution is 7.92. The van der Waals surface area contributed by atoms with Crippen molar-refractivity contribution in [3.63, 3.8) is 0 Å². The molecule has 3 aromatic rings. The molecule has 0 radical (unpaired) electrons. The number of carbonyl (C=O) groups is 1. The van der Waals surface area contributed by atoms with Crippen LogP contribution in [0.4, 0.5) is 11.4 Å². The van der Waals surface area contributed by atoms with Crippen LogP contribution in [0, 0.1) is 6.92 Å². The number of carbonyl (C=O) groups excluding carboxylic acids is 1. The average Bonchev–Trinajstić information content (AvgIpc) is 2.75. The molecular formula is C23H22N2O4S. The maximum Gasteiger partial charge on any atom is 0.261 e. The molecule has 0 unspecified atom stereocenters. The standard InChI is InChI=1S/C23H22N2O4S/c1-17-11-13-19(16-22(17)25-30(27,28)21-9-4-3-5-10-21)24-23(26)14-12-18-7-6-8-20(15-18)29-2/h3-16,25H,1-2H3,(H,24,26). The van der Waals surface area contributed by atoms with Gasteiger partial charge in [0.25, 0.3) is 10.0 Å². The van der Waals surface area contributed by atoms with E-state index in [0.29, 0.717) is 17.1 Å². The van der Waals surface area contributed by atoms with Crippen LogP contribution in [0.5, 0.6) is 5.75 Å². The quantitative estimate of drug-likeness (QED) is 0.551. The Morgan fingerprint density at radius 3 is 2.47 bits per heavy atom. The SMILES string of the molecule is COc1cccc(C=CC(=O)Nc2ccc(C)c(NS(=O)(=O)c3ccccc3)c2)c1. The highest BCUT2D eigenvalue weighted by atomic mass is 32.2. The third-order valence-corrected chi connectivity index (χ3v) is 5.71. The minimum absolute atomic E-state index is 0.167. The fourth-order valence-corrected chi connectivity index (χ4v) is 3.86. The smallest absolute Gasteiger partial charge is 0.261 e. The molecule has 0 aromatic heterocycles. The summed E-state index contributed by atoms with van der Waals surface area (Å²) >= 11 is 0. The van der Waals surface area contributed by atoms with Gasteiger partial charge in [0.1, 0.15) is 5.75 Å². The lowest BCUT2D eigenvalue weighted by atomic mass is 10.2. The second-order valence-electron chi connectivity index (χ2n) is 6.55. The average molecular weight is 423 g/mol. The lowest BCUT2D eigenvalue weighted by Gasteiger charge is -2.12. The van der Waals surface area contributed by atoms with Crippen molar-refractivity contribution in [2.75, 3.05) is 17.1 Å². The van der Waals surface area contributed by atoms with Crippen molar-refractivity contribution in [1.82, 2.24) is 0 Å². The first-order valence-electron chi connectivity index (χ1n) is 9.19. The summed E-state index contributed by atoms with van der Waals surface area (Å²) in [5.41, 5.74) is 2.43. The molecule has 0 saturated carbocycles. The summed E-state index contributed by atoms with van der Waals surface area (Å²) in [6.45, 7) is 1.79. The molecule has 0 bridgehead atoms. The molecule has 6 nitrogen and oxygen atoms in total. The highest BCUT2D eigenvalue weighted by Crippen LogP contribution is 2.23. The molecule has 3 aromatic carbocycles. The number of hydrogen-bond acceptors (Lipinski definition) is 4. The second-order valence-corrected chi connectivity index (χ2v) is 8.23. The fourth-order valence-electron chi connectivity index (χ4n) is 2.71. The van der Waals surface area contributed by atoms with Gasteiger partial charge < -0.3 is 10.1 Å². The van der Waals surface area contributed by atoms with Gasteiger partial charge in [-0.25, -0.2) is 8.42 Å². The van der Waals surface area contributed by atoms with Crippen molar-refractivity contribution < 1.29 is 17.9 Å². The Morgan fingerprint density at radius 1 is 0.967 bits per heavy atom. The van der Waals surface area contributed by atoms with Crippen LogP contribution in [-0.4, -0.2) is 21.4 Å². The summed E-state index contributed by atoms with van der Waals surface area (Å²) < 4.78 is 32.9. The summed E-state index contributed by atoms with van der Waals surface area (Å²) in [4.78, 5) is 12.4. The predicted octanol–water partition coefficient (Wildman–Crippen LogP) is 4.46. The Balaban J connectivity index is 1.73. The van der Waals surface area contributed by atoms with Gasteiger partial charge in [0.05, 0.1) is 17.7 Å². The summed E-state index contributed by atoms with van der Waals surface area (Å²) in [6.07, 6.45) is 3.08. The van der Waals surface area contributed by atoms with E-state index in [0.717, 1.165) is 11.1 Å². The van der Waals surface area contributed by atoms with E-state index in [1.54, 1.807) is 56.5 Å². The molecule has 0 spiro atoms. The molecular weight excluding hydrogens is 400 g/mol. The zero-order valence-corrected chi connectivity index (χ0v) is 17.4. The van der Waals surface area contributed by atoms with Crippen LogP contribution in [0.25, 0.3) is 6.08 Å². The minimum Gasteiger partial charge on any atom is -0.497 e. The maximum absolute atomic E-state index is 12.6. The first-order chi connectivity index (χ1) is 14.4. The molecule has 0 fully saturated rings. The Hall–Kier alpha value is -3.58. The maximum atomic E-state index is 12.6. The number of anilines is 2. The third-order valence-electron chi connectivity index (χ3n) is 4.32. The molecule has 0 atom stereocenters. The van der Waals surface area contributed by atoms with Crippen LogP contribution in [0.3, 0.4) is 0 Å². The molecule has 30 heavy (non-hydrogen) atoms. The molecule has 0 heterocycles. The van der Waals surface area contributed by atoms with Crippen molar-refractivity contribution in [1.29, 1.82) is 0 Å². The Morgan fingerprint density at radius 2 is 1.73 bits per heavy atom. The van der Waals surface area contributed by atoms with Gasteiger partial charge in [-0.15, -0.1) is 0 Å². The first-order valence-corrected chi connectivity index (χ1v) is 10.7. The summed E-state index contributed by atoms with van der Waals surface area (Å²) in [5, 5.41) is 2.74. The predicted molar refractivity (Wildman–Crippen MR) is 119 cm³/mol. The number of amides is 1. The number of sulfonamides is 1. The van der Waals surface area contributed by atoms with Crippen LogP contribution in [0.1, 0.15) is 11.1 Å². The van der Waals surface area contributed by atoms with Crippen LogP contribution in [0.15, 0.2) is 83.8 Å². The Labute approximate surface area is 176 Å². The highest BCUT2D eigenvalue weighted by Gasteiger charge is 2.15. The van der Waals surface area contributed by atoms with E-state index >= 15 is 0 Å². The number of rotatable bonds is 7. The van der Waals surface area contributed by atoms with E-state index in [1.165, 1.54) is 18.2 Å². The number of benzene rings is 3. The molecule has 2 N–H and O–H groups in total. The summed E-state index contributed by atoms with van der Waals surface area (Å²) in [5.74, 6) is 0.366. The first kappa shape index (κ1) is 21.1. The minimum atomic E-state index is -3.72. The van der Waals surface area contributed by atoms with Gasteiger partial charge in [-0.2, -0.15) is 0 Å². The van der Waals surface area contributed by atoms with E-state index in [-0.39, 0.29) is 10.8 Å². The van der Waals surface area contributed by atoms with E-state index in [9.17, 15) is 13.2 Å². The lowest BCUT2D eigenvalue weighted by molar-refractivity contribution is -0.111. The second kappa shape index (κ2) is 9.28. The number of methoxy groups -OCH3 is 1. The van der Waals surface area contributed by atoms with E-state index in [2.05, 4.69) is 10.0 Å². The number of nitrogens with one attached hydrogen (secondary N) is 2. The lowest BCUT2D eigenvalue weighted by Crippen LogP contribution is -2.14. The molecule has 3 rings (SSSR count). The largest absolute Gasteiger partial charge is 0.497 e. The van der Waals surface area contributed by atoms with Crippen LogP contribution in [-0.2, 0) is 14.8 Å². The molecule has 1 amide bonds. The van der Waals surface area contributed by atoms with E-state index in [4.69, 9.17) is 4.74 Å².